The topological polar surface area (TPSA) is 34.4 Å². The number of hydrogen-bond donors (Lipinski definition) is 0. The number of hydrogen-bond acceptors (Lipinski definition) is 2. The number of fused-ring (bicyclic) bond motifs is 1. The molecule has 0 saturated heterocycles. The van der Waals surface area contributed by atoms with Crippen molar-refractivity contribution in [3.63, 3.8) is 0 Å². The van der Waals surface area contributed by atoms with Crippen LogP contribution in [0.2, 0.25) is 0 Å². The molecule has 0 saturated carbocycles. The number of carbonyl (C=O) groups is 1. The summed E-state index contributed by atoms with van der Waals surface area (Å²) < 4.78 is 1.75. The first-order valence-electron chi connectivity index (χ1n) is 6.19. The Balaban J connectivity index is 2.17. The average Bonchev–Trinajstić information content (AvgIpc) is 2.80. The predicted molar refractivity (Wildman–Crippen MR) is 75.5 cm³/mol. The van der Waals surface area contributed by atoms with Crippen molar-refractivity contribution in [1.82, 2.24) is 9.61 Å². The highest BCUT2D eigenvalue weighted by molar-refractivity contribution is 5.76. The van der Waals surface area contributed by atoms with Gasteiger partial charge in [0.25, 0.3) is 0 Å². The first kappa shape index (κ1) is 11.7. The van der Waals surface area contributed by atoms with E-state index in [1.165, 1.54) is 11.1 Å². The van der Waals surface area contributed by atoms with Crippen LogP contribution < -0.4 is 0 Å². The van der Waals surface area contributed by atoms with Crippen molar-refractivity contribution in [3.05, 3.63) is 59.3 Å². The zero-order valence-electron chi connectivity index (χ0n) is 10.9. The highest BCUT2D eigenvalue weighted by Crippen LogP contribution is 2.22. The molecule has 2 heterocycles. The van der Waals surface area contributed by atoms with Gasteiger partial charge in [0.05, 0.1) is 11.2 Å². The van der Waals surface area contributed by atoms with E-state index in [4.69, 9.17) is 0 Å². The van der Waals surface area contributed by atoms with E-state index in [0.29, 0.717) is 5.56 Å². The molecule has 2 aromatic heterocycles. The Kier molecular flexibility index (Phi) is 2.67. The van der Waals surface area contributed by atoms with Crippen molar-refractivity contribution in [2.24, 2.45) is 0 Å². The van der Waals surface area contributed by atoms with Gasteiger partial charge in [-0.15, -0.1) is 0 Å². The molecule has 0 aliphatic carbocycles. The summed E-state index contributed by atoms with van der Waals surface area (Å²) >= 11 is 0. The largest absolute Gasteiger partial charge is 0.298 e. The van der Waals surface area contributed by atoms with Crippen LogP contribution in [0.25, 0.3) is 16.8 Å². The van der Waals surface area contributed by atoms with Gasteiger partial charge in [-0.3, -0.25) is 4.79 Å². The summed E-state index contributed by atoms with van der Waals surface area (Å²) in [6.45, 7) is 4.16. The maximum atomic E-state index is 10.8. The Morgan fingerprint density at radius 2 is 1.79 bits per heavy atom. The van der Waals surface area contributed by atoms with Gasteiger partial charge >= 0.3 is 0 Å². The maximum absolute atomic E-state index is 10.8. The van der Waals surface area contributed by atoms with E-state index in [2.05, 4.69) is 37.1 Å². The number of carbonyl (C=O) groups excluding carboxylic acids is 1. The van der Waals surface area contributed by atoms with Crippen molar-refractivity contribution >= 4 is 11.8 Å². The fourth-order valence-corrected chi connectivity index (χ4v) is 2.34. The molecule has 0 N–H and O–H groups in total. The van der Waals surface area contributed by atoms with Crippen LogP contribution in [0.15, 0.2) is 42.6 Å². The lowest BCUT2D eigenvalue weighted by atomic mass is 10.1. The van der Waals surface area contributed by atoms with E-state index < -0.39 is 0 Å². The minimum atomic E-state index is 0.627. The SMILES string of the molecule is Cc1cc(C)cc(-c2cc3ccc(C=O)cn3n2)c1. The third-order valence-electron chi connectivity index (χ3n) is 3.14. The lowest BCUT2D eigenvalue weighted by Gasteiger charge is -2.01. The minimum Gasteiger partial charge on any atom is -0.298 e. The van der Waals surface area contributed by atoms with E-state index in [1.807, 2.05) is 12.1 Å². The second kappa shape index (κ2) is 4.35. The number of aryl methyl sites for hydroxylation is 2. The standard InChI is InChI=1S/C16H14N2O/c1-11-5-12(2)7-14(6-11)16-8-15-4-3-13(10-19)9-18(15)17-16/h3-10H,1-2H3. The van der Waals surface area contributed by atoms with Crippen LogP contribution in [0, 0.1) is 13.8 Å². The van der Waals surface area contributed by atoms with E-state index in [1.54, 1.807) is 16.8 Å². The first-order valence-corrected chi connectivity index (χ1v) is 6.19. The monoisotopic (exact) mass is 250 g/mol. The summed E-state index contributed by atoms with van der Waals surface area (Å²) in [5, 5.41) is 4.53. The molecule has 0 radical (unpaired) electrons. The Morgan fingerprint density at radius 1 is 1.05 bits per heavy atom. The van der Waals surface area contributed by atoms with Gasteiger partial charge in [-0.05, 0) is 44.2 Å². The van der Waals surface area contributed by atoms with Gasteiger partial charge < -0.3 is 0 Å². The van der Waals surface area contributed by atoms with Crippen molar-refractivity contribution in [2.75, 3.05) is 0 Å². The number of aldehydes is 1. The van der Waals surface area contributed by atoms with E-state index in [9.17, 15) is 4.79 Å². The lowest BCUT2D eigenvalue weighted by Crippen LogP contribution is -1.90. The average molecular weight is 250 g/mol. The molecule has 0 unspecified atom stereocenters. The van der Waals surface area contributed by atoms with Gasteiger partial charge in [-0.25, -0.2) is 4.52 Å². The molecule has 94 valence electrons. The fourth-order valence-electron chi connectivity index (χ4n) is 2.34. The van der Waals surface area contributed by atoms with E-state index >= 15 is 0 Å². The van der Waals surface area contributed by atoms with Crippen LogP contribution in [0.5, 0.6) is 0 Å². The quantitative estimate of drug-likeness (QED) is 0.653. The molecule has 0 atom stereocenters. The molecular weight excluding hydrogens is 236 g/mol. The number of aromatic nitrogens is 2. The number of rotatable bonds is 2. The minimum absolute atomic E-state index is 0.627. The van der Waals surface area contributed by atoms with Gasteiger partial charge in [-0.1, -0.05) is 17.2 Å². The molecule has 0 amide bonds. The third kappa shape index (κ3) is 2.15. The van der Waals surface area contributed by atoms with E-state index in [-0.39, 0.29) is 0 Å². The Morgan fingerprint density at radius 3 is 2.47 bits per heavy atom. The number of benzene rings is 1. The van der Waals surface area contributed by atoms with Crippen LogP contribution in [0.1, 0.15) is 21.5 Å². The van der Waals surface area contributed by atoms with Crippen molar-refractivity contribution in [1.29, 1.82) is 0 Å². The smallest absolute Gasteiger partial charge is 0.151 e. The lowest BCUT2D eigenvalue weighted by molar-refractivity contribution is 0.112. The highest BCUT2D eigenvalue weighted by Gasteiger charge is 2.06. The summed E-state index contributed by atoms with van der Waals surface area (Å²) in [7, 11) is 0. The van der Waals surface area contributed by atoms with Gasteiger partial charge in [0.15, 0.2) is 6.29 Å². The molecule has 3 nitrogen and oxygen atoms in total. The third-order valence-corrected chi connectivity index (χ3v) is 3.14. The molecule has 19 heavy (non-hydrogen) atoms. The second-order valence-corrected chi connectivity index (χ2v) is 4.86. The summed E-state index contributed by atoms with van der Waals surface area (Å²) in [6.07, 6.45) is 2.58. The normalized spacial score (nSPS) is 10.8. The van der Waals surface area contributed by atoms with Crippen LogP contribution in [-0.2, 0) is 0 Å². The van der Waals surface area contributed by atoms with Gasteiger partial charge in [0.2, 0.25) is 0 Å². The molecule has 0 aliphatic rings. The maximum Gasteiger partial charge on any atom is 0.151 e. The molecule has 3 aromatic rings. The van der Waals surface area contributed by atoms with Crippen LogP contribution in [0.3, 0.4) is 0 Å². The number of nitrogens with zero attached hydrogens (tertiary/aromatic N) is 2. The van der Waals surface area contributed by atoms with Crippen LogP contribution in [-0.4, -0.2) is 15.9 Å². The molecule has 3 rings (SSSR count). The van der Waals surface area contributed by atoms with Crippen molar-refractivity contribution in [2.45, 2.75) is 13.8 Å². The summed E-state index contributed by atoms with van der Waals surface area (Å²) in [5.41, 5.74) is 6.09. The van der Waals surface area contributed by atoms with Gasteiger partial charge in [-0.2, -0.15) is 5.10 Å². The molecule has 0 aliphatic heterocycles. The fraction of sp³-hybridized carbons (Fsp3) is 0.125. The predicted octanol–water partition coefficient (Wildman–Crippen LogP) is 3.43. The second-order valence-electron chi connectivity index (χ2n) is 4.86. The highest BCUT2D eigenvalue weighted by atomic mass is 16.1. The zero-order valence-corrected chi connectivity index (χ0v) is 10.9. The summed E-state index contributed by atoms with van der Waals surface area (Å²) in [6, 6.07) is 12.1. The summed E-state index contributed by atoms with van der Waals surface area (Å²) in [4.78, 5) is 10.8. The van der Waals surface area contributed by atoms with Gasteiger partial charge in [0, 0.05) is 17.3 Å². The number of pyridine rings is 1. The molecule has 0 spiro atoms. The first-order chi connectivity index (χ1) is 9.15. The summed E-state index contributed by atoms with van der Waals surface area (Å²) in [5.74, 6) is 0. The Hall–Kier alpha value is -2.42. The Bertz CT molecular complexity index is 751. The molecular formula is C16H14N2O. The van der Waals surface area contributed by atoms with Gasteiger partial charge in [0.1, 0.15) is 0 Å². The van der Waals surface area contributed by atoms with Crippen LogP contribution in [0.4, 0.5) is 0 Å². The van der Waals surface area contributed by atoms with Crippen molar-refractivity contribution < 1.29 is 4.79 Å². The molecule has 1 aromatic carbocycles. The van der Waals surface area contributed by atoms with E-state index in [0.717, 1.165) is 23.1 Å². The van der Waals surface area contributed by atoms with Crippen LogP contribution >= 0.6 is 0 Å². The molecule has 0 bridgehead atoms. The molecule has 0 fully saturated rings. The van der Waals surface area contributed by atoms with Crippen molar-refractivity contribution in [3.8, 4) is 11.3 Å². The zero-order chi connectivity index (χ0) is 13.4. The molecule has 3 heteroatoms. The Labute approximate surface area is 111 Å².